The summed E-state index contributed by atoms with van der Waals surface area (Å²) in [6.07, 6.45) is -1.85. The molecule has 1 aromatic heterocycles. The molecule has 1 aliphatic carbocycles. The molecule has 3 aromatic rings. The maximum absolute atomic E-state index is 13.2. The molecule has 37 heavy (non-hydrogen) atoms. The van der Waals surface area contributed by atoms with E-state index >= 15 is 0 Å². The van der Waals surface area contributed by atoms with Gasteiger partial charge in [0, 0.05) is 43.0 Å². The van der Waals surface area contributed by atoms with Crippen LogP contribution in [-0.4, -0.2) is 34.8 Å². The number of halogens is 3. The molecule has 0 spiro atoms. The van der Waals surface area contributed by atoms with Crippen LogP contribution in [0.1, 0.15) is 44.0 Å². The van der Waals surface area contributed by atoms with E-state index in [-0.39, 0.29) is 11.6 Å². The highest BCUT2D eigenvalue weighted by Crippen LogP contribution is 2.33. The third kappa shape index (κ3) is 6.02. The van der Waals surface area contributed by atoms with Crippen LogP contribution in [0.15, 0.2) is 54.7 Å². The molecule has 0 saturated carbocycles. The highest BCUT2D eigenvalue weighted by Gasteiger charge is 2.34. The van der Waals surface area contributed by atoms with Crippen LogP contribution < -0.4 is 15.4 Å². The first kappa shape index (κ1) is 25.6. The number of non-ortho nitro benzene ring substituents is 1. The lowest BCUT2D eigenvalue weighted by Crippen LogP contribution is -2.39. The molecule has 1 unspecified atom stereocenters. The summed E-state index contributed by atoms with van der Waals surface area (Å²) in [4.78, 5) is 38.6. The number of alkyl halides is 3. The van der Waals surface area contributed by atoms with Crippen LogP contribution >= 0.6 is 0 Å². The molecule has 2 N–H and O–H groups in total. The van der Waals surface area contributed by atoms with Gasteiger partial charge in [0.15, 0.2) is 0 Å². The minimum absolute atomic E-state index is 0.190. The van der Waals surface area contributed by atoms with Crippen LogP contribution in [0.4, 0.5) is 18.9 Å². The molecular formula is C25H21F3N4O5. The van der Waals surface area contributed by atoms with Gasteiger partial charge >= 0.3 is 6.18 Å². The summed E-state index contributed by atoms with van der Waals surface area (Å²) in [6, 6.07) is 9.99. The molecule has 1 atom stereocenters. The molecule has 2 amide bonds. The van der Waals surface area contributed by atoms with E-state index in [1.807, 2.05) is 6.07 Å². The molecule has 1 aliphatic rings. The highest BCUT2D eigenvalue weighted by molar-refractivity contribution is 5.95. The molecule has 4 rings (SSSR count). The third-order valence-electron chi connectivity index (χ3n) is 5.89. The minimum atomic E-state index is -4.84. The van der Waals surface area contributed by atoms with Crippen LogP contribution in [0, 0.1) is 10.1 Å². The van der Waals surface area contributed by atoms with Crippen LogP contribution in [0.3, 0.4) is 0 Å². The number of aryl methyl sites for hydroxylation is 1. The molecule has 0 radical (unpaired) electrons. The second kappa shape index (κ2) is 10.2. The zero-order valence-electron chi connectivity index (χ0n) is 19.5. The largest absolute Gasteiger partial charge is 0.457 e. The van der Waals surface area contributed by atoms with Crippen molar-refractivity contribution in [3.63, 3.8) is 0 Å². The number of hydrogen-bond acceptors (Lipinski definition) is 6. The zero-order chi connectivity index (χ0) is 26.7. The van der Waals surface area contributed by atoms with Gasteiger partial charge in [-0.25, -0.2) is 0 Å². The number of nitro groups is 1. The van der Waals surface area contributed by atoms with E-state index in [9.17, 15) is 32.9 Å². The van der Waals surface area contributed by atoms with E-state index in [0.29, 0.717) is 42.9 Å². The van der Waals surface area contributed by atoms with Gasteiger partial charge in [0.05, 0.1) is 10.5 Å². The Kier molecular flexibility index (Phi) is 7.09. The number of ether oxygens (including phenoxy) is 1. The van der Waals surface area contributed by atoms with Gasteiger partial charge in [0.1, 0.15) is 17.2 Å². The fourth-order valence-corrected chi connectivity index (χ4v) is 4.06. The molecule has 2 aromatic carbocycles. The van der Waals surface area contributed by atoms with Gasteiger partial charge < -0.3 is 15.4 Å². The summed E-state index contributed by atoms with van der Waals surface area (Å²) in [5, 5.41) is 16.3. The molecular weight excluding hydrogens is 493 g/mol. The number of nitrogens with zero attached hydrogens (tertiary/aromatic N) is 2. The summed E-state index contributed by atoms with van der Waals surface area (Å²) in [5.41, 5.74) is -0.410. The number of aromatic nitrogens is 1. The Bertz CT molecular complexity index is 1380. The van der Waals surface area contributed by atoms with Crippen LogP contribution in [-0.2, 0) is 19.0 Å². The van der Waals surface area contributed by atoms with E-state index < -0.39 is 39.9 Å². The molecule has 0 saturated heterocycles. The maximum Gasteiger partial charge on any atom is 0.416 e. The Hall–Kier alpha value is -4.48. The second-order valence-corrected chi connectivity index (χ2v) is 8.43. The molecule has 0 bridgehead atoms. The van der Waals surface area contributed by atoms with E-state index in [0.717, 1.165) is 17.2 Å². The number of pyridine rings is 1. The Morgan fingerprint density at radius 1 is 1.05 bits per heavy atom. The van der Waals surface area contributed by atoms with Gasteiger partial charge in [-0.2, -0.15) is 13.2 Å². The summed E-state index contributed by atoms with van der Waals surface area (Å²) in [7, 11) is 1.49. The standard InChI is InChI=1S/C25H21F3N4O5/c1-29-24(34)22-13-21(6-7-30-22)37-20-5-3-14-2-4-18(9-15(14)11-20)31-23(33)16-8-17(25(26,27)28)12-19(10-16)32(35)36/h3,5-8,10-13,18H,2,4,9H2,1H3,(H,29,34)(H,31,33). The highest BCUT2D eigenvalue weighted by atomic mass is 19.4. The first-order valence-electron chi connectivity index (χ1n) is 11.2. The van der Waals surface area contributed by atoms with Crippen molar-refractivity contribution in [2.24, 2.45) is 0 Å². The number of amides is 2. The lowest BCUT2D eigenvalue weighted by molar-refractivity contribution is -0.385. The predicted octanol–water partition coefficient (Wildman–Crippen LogP) is 4.45. The van der Waals surface area contributed by atoms with E-state index in [1.165, 1.54) is 19.3 Å². The first-order valence-corrected chi connectivity index (χ1v) is 11.2. The summed E-state index contributed by atoms with van der Waals surface area (Å²) in [6.45, 7) is 0. The summed E-state index contributed by atoms with van der Waals surface area (Å²) >= 11 is 0. The number of carbonyl (C=O) groups excluding carboxylic acids is 2. The monoisotopic (exact) mass is 514 g/mol. The van der Waals surface area contributed by atoms with Crippen molar-refractivity contribution < 1.29 is 32.4 Å². The van der Waals surface area contributed by atoms with Crippen LogP contribution in [0.5, 0.6) is 11.5 Å². The molecule has 192 valence electrons. The van der Waals surface area contributed by atoms with E-state index in [2.05, 4.69) is 15.6 Å². The quantitative estimate of drug-likeness (QED) is 0.370. The molecule has 12 heteroatoms. The lowest BCUT2D eigenvalue weighted by Gasteiger charge is -2.26. The average Bonchev–Trinajstić information content (AvgIpc) is 2.87. The minimum Gasteiger partial charge on any atom is -0.457 e. The van der Waals surface area contributed by atoms with Gasteiger partial charge in [-0.15, -0.1) is 0 Å². The van der Waals surface area contributed by atoms with Gasteiger partial charge in [0.2, 0.25) is 0 Å². The Morgan fingerprint density at radius 2 is 1.81 bits per heavy atom. The lowest BCUT2D eigenvalue weighted by atomic mass is 9.88. The topological polar surface area (TPSA) is 123 Å². The van der Waals surface area contributed by atoms with Crippen molar-refractivity contribution in [1.29, 1.82) is 0 Å². The fourth-order valence-electron chi connectivity index (χ4n) is 4.06. The zero-order valence-corrected chi connectivity index (χ0v) is 19.5. The molecule has 9 nitrogen and oxygen atoms in total. The van der Waals surface area contributed by atoms with Gasteiger partial charge in [-0.05, 0) is 54.7 Å². The summed E-state index contributed by atoms with van der Waals surface area (Å²) in [5.74, 6) is -0.289. The normalized spacial score (nSPS) is 14.9. The Labute approximate surface area is 208 Å². The van der Waals surface area contributed by atoms with Gasteiger partial charge in [-0.3, -0.25) is 24.7 Å². The SMILES string of the molecule is CNC(=O)c1cc(Oc2ccc3c(c2)CC(NC(=O)c2cc([N+](=O)[O-])cc(C(F)(F)F)c2)CC3)ccn1. The van der Waals surface area contributed by atoms with Crippen molar-refractivity contribution in [3.05, 3.63) is 92.8 Å². The van der Waals surface area contributed by atoms with Crippen LogP contribution in [0.2, 0.25) is 0 Å². The number of benzene rings is 2. The average molecular weight is 514 g/mol. The predicted molar refractivity (Wildman–Crippen MR) is 126 cm³/mol. The van der Waals surface area contributed by atoms with Gasteiger partial charge in [0.25, 0.3) is 17.5 Å². The summed E-state index contributed by atoms with van der Waals surface area (Å²) < 4.78 is 45.4. The van der Waals surface area contributed by atoms with Crippen LogP contribution in [0.25, 0.3) is 0 Å². The Morgan fingerprint density at radius 3 is 2.51 bits per heavy atom. The molecule has 0 fully saturated rings. The Balaban J connectivity index is 1.49. The molecule has 0 aliphatic heterocycles. The smallest absolute Gasteiger partial charge is 0.416 e. The third-order valence-corrected chi connectivity index (χ3v) is 5.89. The second-order valence-electron chi connectivity index (χ2n) is 8.43. The number of nitrogens with one attached hydrogen (secondary N) is 2. The number of rotatable bonds is 6. The van der Waals surface area contributed by atoms with E-state index in [1.54, 1.807) is 18.2 Å². The maximum atomic E-state index is 13.2. The number of nitro benzene ring substituents is 1. The van der Waals surface area contributed by atoms with Crippen molar-refractivity contribution in [2.75, 3.05) is 7.05 Å². The first-order chi connectivity index (χ1) is 17.5. The van der Waals surface area contributed by atoms with Crippen molar-refractivity contribution >= 4 is 17.5 Å². The number of fused-ring (bicyclic) bond motifs is 1. The van der Waals surface area contributed by atoms with Crippen molar-refractivity contribution in [1.82, 2.24) is 15.6 Å². The number of carbonyl (C=O) groups is 2. The van der Waals surface area contributed by atoms with E-state index in [4.69, 9.17) is 4.74 Å². The van der Waals surface area contributed by atoms with Crippen molar-refractivity contribution in [2.45, 2.75) is 31.5 Å². The number of hydrogen-bond donors (Lipinski definition) is 2. The van der Waals surface area contributed by atoms with Gasteiger partial charge in [-0.1, -0.05) is 6.07 Å². The van der Waals surface area contributed by atoms with Crippen molar-refractivity contribution in [3.8, 4) is 11.5 Å². The molecule has 1 heterocycles. The fraction of sp³-hybridized carbons (Fsp3) is 0.240.